The second-order valence-corrected chi connectivity index (χ2v) is 9.45. The third kappa shape index (κ3) is 8.62. The first-order chi connectivity index (χ1) is 16.6. The first kappa shape index (κ1) is 28.2. The number of amides is 3. The van der Waals surface area contributed by atoms with Crippen LogP contribution in [0.25, 0.3) is 0 Å². The minimum Gasteiger partial charge on any atom is -0.480 e. The fraction of sp³-hybridized carbons (Fsp3) is 0.696. The van der Waals surface area contributed by atoms with Crippen molar-refractivity contribution in [3.8, 4) is 0 Å². The summed E-state index contributed by atoms with van der Waals surface area (Å²) >= 11 is 0. The number of rotatable bonds is 14. The van der Waals surface area contributed by atoms with Gasteiger partial charge in [0.05, 0.1) is 12.4 Å². The van der Waals surface area contributed by atoms with Crippen LogP contribution in [0.5, 0.6) is 0 Å². The number of imidazole rings is 1. The van der Waals surface area contributed by atoms with Crippen LogP contribution < -0.4 is 22.1 Å². The lowest BCUT2D eigenvalue weighted by atomic mass is 10.0. The molecule has 0 aliphatic carbocycles. The van der Waals surface area contributed by atoms with E-state index < -0.39 is 42.0 Å². The van der Waals surface area contributed by atoms with Gasteiger partial charge in [0.1, 0.15) is 18.1 Å². The van der Waals surface area contributed by atoms with Crippen molar-refractivity contribution in [3.63, 3.8) is 0 Å². The highest BCUT2D eigenvalue weighted by Crippen LogP contribution is 2.20. The summed E-state index contributed by atoms with van der Waals surface area (Å²) in [6.07, 6.45) is 6.13. The number of carbonyl (C=O) groups is 4. The van der Waals surface area contributed by atoms with E-state index in [1.165, 1.54) is 17.4 Å². The number of aromatic amines is 1. The van der Waals surface area contributed by atoms with E-state index in [4.69, 9.17) is 11.5 Å². The van der Waals surface area contributed by atoms with Crippen molar-refractivity contribution in [2.24, 2.45) is 17.4 Å². The van der Waals surface area contributed by atoms with Crippen molar-refractivity contribution >= 4 is 23.7 Å². The van der Waals surface area contributed by atoms with Crippen LogP contribution in [0.4, 0.5) is 0 Å². The number of nitrogens with one attached hydrogen (secondary N) is 3. The van der Waals surface area contributed by atoms with Crippen LogP contribution in [-0.4, -0.2) is 80.9 Å². The molecular weight excluding hydrogens is 454 g/mol. The average molecular weight is 494 g/mol. The molecule has 2 rings (SSSR count). The Morgan fingerprint density at radius 3 is 2.57 bits per heavy atom. The van der Waals surface area contributed by atoms with E-state index in [0.29, 0.717) is 57.3 Å². The van der Waals surface area contributed by atoms with Gasteiger partial charge in [-0.25, -0.2) is 9.78 Å². The largest absolute Gasteiger partial charge is 0.480 e. The Morgan fingerprint density at radius 2 is 1.97 bits per heavy atom. The first-order valence-electron chi connectivity index (χ1n) is 12.2. The standard InChI is InChI=1S/C23H39N7O5/c1-14(2)10-16(25)20(31)28-17(6-3-4-8-24)22(33)30-9-5-7-19(30)21(32)29-18(23(34)35)11-15-12-26-13-27-15/h12-14,16-19H,3-11,24-25H2,1-2H3,(H,26,27)(H,28,31)(H,29,32)(H,34,35). The maximum Gasteiger partial charge on any atom is 0.326 e. The van der Waals surface area contributed by atoms with E-state index in [-0.39, 0.29) is 18.2 Å². The second kappa shape index (κ2) is 13.8. The molecule has 0 radical (unpaired) electrons. The van der Waals surface area contributed by atoms with Crippen LogP contribution in [0.3, 0.4) is 0 Å². The molecule has 1 aromatic heterocycles. The number of carbonyl (C=O) groups excluding carboxylic acids is 3. The maximum atomic E-state index is 13.4. The molecule has 1 aromatic rings. The third-order valence-electron chi connectivity index (χ3n) is 6.06. The van der Waals surface area contributed by atoms with Crippen LogP contribution in [0.15, 0.2) is 12.5 Å². The van der Waals surface area contributed by atoms with Crippen LogP contribution in [0.1, 0.15) is 58.1 Å². The highest BCUT2D eigenvalue weighted by molar-refractivity contribution is 5.94. The number of hydrogen-bond acceptors (Lipinski definition) is 7. The second-order valence-electron chi connectivity index (χ2n) is 9.45. The smallest absolute Gasteiger partial charge is 0.326 e. The molecule has 1 aliphatic heterocycles. The predicted molar refractivity (Wildman–Crippen MR) is 129 cm³/mol. The van der Waals surface area contributed by atoms with E-state index in [2.05, 4.69) is 20.6 Å². The summed E-state index contributed by atoms with van der Waals surface area (Å²) in [4.78, 5) is 58.9. The first-order valence-corrected chi connectivity index (χ1v) is 12.2. The highest BCUT2D eigenvalue weighted by atomic mass is 16.4. The van der Waals surface area contributed by atoms with Gasteiger partial charge >= 0.3 is 5.97 Å². The molecule has 0 aromatic carbocycles. The third-order valence-corrected chi connectivity index (χ3v) is 6.06. The maximum absolute atomic E-state index is 13.4. The molecule has 196 valence electrons. The zero-order chi connectivity index (χ0) is 26.0. The van der Waals surface area contributed by atoms with Gasteiger partial charge < -0.3 is 37.1 Å². The van der Waals surface area contributed by atoms with Gasteiger partial charge in [-0.15, -0.1) is 0 Å². The number of carboxylic acids is 1. The van der Waals surface area contributed by atoms with Crippen molar-refractivity contribution in [2.45, 2.75) is 83.0 Å². The topological polar surface area (TPSA) is 197 Å². The Balaban J connectivity index is 2.10. The van der Waals surface area contributed by atoms with E-state index in [1.54, 1.807) is 0 Å². The molecule has 3 amide bonds. The minimum absolute atomic E-state index is 0.0350. The van der Waals surface area contributed by atoms with Gasteiger partial charge in [0.15, 0.2) is 0 Å². The van der Waals surface area contributed by atoms with Crippen LogP contribution >= 0.6 is 0 Å². The zero-order valence-corrected chi connectivity index (χ0v) is 20.5. The normalized spacial score (nSPS) is 18.2. The number of H-pyrrole nitrogens is 1. The molecule has 12 nitrogen and oxygen atoms in total. The number of unbranched alkanes of at least 4 members (excludes halogenated alkanes) is 1. The Hall–Kier alpha value is -2.99. The highest BCUT2D eigenvalue weighted by Gasteiger charge is 2.39. The van der Waals surface area contributed by atoms with Crippen LogP contribution in [0.2, 0.25) is 0 Å². The lowest BCUT2D eigenvalue weighted by Gasteiger charge is -2.30. The Kier molecular flexibility index (Phi) is 11.1. The number of nitrogens with two attached hydrogens (primary N) is 2. The summed E-state index contributed by atoms with van der Waals surface area (Å²) < 4.78 is 0. The van der Waals surface area contributed by atoms with Crippen molar-refractivity contribution in [2.75, 3.05) is 13.1 Å². The number of nitrogens with zero attached hydrogens (tertiary/aromatic N) is 2. The molecule has 1 fully saturated rings. The molecule has 35 heavy (non-hydrogen) atoms. The zero-order valence-electron chi connectivity index (χ0n) is 20.5. The van der Waals surface area contributed by atoms with Crippen molar-refractivity contribution in [3.05, 3.63) is 18.2 Å². The number of carboxylic acid groups (broad SMARTS) is 1. The molecule has 0 spiro atoms. The fourth-order valence-electron chi connectivity index (χ4n) is 4.23. The average Bonchev–Trinajstić information content (AvgIpc) is 3.49. The molecule has 4 unspecified atom stereocenters. The van der Waals surface area contributed by atoms with Crippen molar-refractivity contribution < 1.29 is 24.3 Å². The number of likely N-dealkylation sites (tertiary alicyclic amines) is 1. The Morgan fingerprint density at radius 1 is 1.23 bits per heavy atom. The van der Waals surface area contributed by atoms with E-state index in [1.807, 2.05) is 13.8 Å². The quantitative estimate of drug-likeness (QED) is 0.186. The predicted octanol–water partition coefficient (Wildman–Crippen LogP) is -0.500. The Bertz CT molecular complexity index is 845. The van der Waals surface area contributed by atoms with Crippen molar-refractivity contribution in [1.29, 1.82) is 0 Å². The van der Waals surface area contributed by atoms with Gasteiger partial charge in [-0.2, -0.15) is 0 Å². The summed E-state index contributed by atoms with van der Waals surface area (Å²) in [5.74, 6) is -2.28. The number of aliphatic carboxylic acids is 1. The van der Waals surface area contributed by atoms with E-state index >= 15 is 0 Å². The Labute approximate surface area is 205 Å². The minimum atomic E-state index is -1.19. The molecule has 1 saturated heterocycles. The summed E-state index contributed by atoms with van der Waals surface area (Å²) in [7, 11) is 0. The van der Waals surface area contributed by atoms with Crippen LogP contribution in [0, 0.1) is 5.92 Å². The van der Waals surface area contributed by atoms with Gasteiger partial charge in [0.25, 0.3) is 0 Å². The lowest BCUT2D eigenvalue weighted by molar-refractivity contribution is -0.145. The van der Waals surface area contributed by atoms with Gasteiger partial charge in [0, 0.05) is 24.9 Å². The van der Waals surface area contributed by atoms with Gasteiger partial charge in [0.2, 0.25) is 17.7 Å². The summed E-state index contributed by atoms with van der Waals surface area (Å²) in [6, 6.07) is -3.56. The van der Waals surface area contributed by atoms with Gasteiger partial charge in [-0.05, 0) is 51.0 Å². The number of aromatic nitrogens is 2. The molecule has 0 saturated carbocycles. The van der Waals surface area contributed by atoms with E-state index in [9.17, 15) is 24.3 Å². The molecule has 2 heterocycles. The summed E-state index contributed by atoms with van der Waals surface area (Å²) in [5, 5.41) is 14.9. The molecule has 0 bridgehead atoms. The molecule has 8 N–H and O–H groups in total. The summed E-state index contributed by atoms with van der Waals surface area (Å²) in [5.41, 5.74) is 12.2. The SMILES string of the molecule is CC(C)CC(N)C(=O)NC(CCCCN)C(=O)N1CCCC1C(=O)NC(Cc1cnc[nH]1)C(=O)O. The number of hydrogen-bond donors (Lipinski definition) is 6. The molecule has 4 atom stereocenters. The van der Waals surface area contributed by atoms with Crippen LogP contribution in [-0.2, 0) is 25.6 Å². The summed E-state index contributed by atoms with van der Waals surface area (Å²) in [6.45, 7) is 4.72. The van der Waals surface area contributed by atoms with E-state index in [0.717, 1.165) is 0 Å². The molecular formula is C23H39N7O5. The van der Waals surface area contributed by atoms with Crippen molar-refractivity contribution in [1.82, 2.24) is 25.5 Å². The molecule has 12 heteroatoms. The van der Waals surface area contributed by atoms with Gasteiger partial charge in [-0.3, -0.25) is 14.4 Å². The monoisotopic (exact) mass is 493 g/mol. The lowest BCUT2D eigenvalue weighted by Crippen LogP contribution is -2.57. The van der Waals surface area contributed by atoms with Gasteiger partial charge in [-0.1, -0.05) is 13.8 Å². The molecule has 1 aliphatic rings. The fourth-order valence-corrected chi connectivity index (χ4v) is 4.23.